The number of carbonyl (C=O) groups is 2. The number of nitrogens with zero attached hydrogens (tertiary/aromatic N) is 2. The van der Waals surface area contributed by atoms with Gasteiger partial charge < -0.3 is 14.7 Å². The first-order valence-corrected chi connectivity index (χ1v) is 11.0. The highest BCUT2D eigenvalue weighted by molar-refractivity contribution is 5.79. The van der Waals surface area contributed by atoms with Gasteiger partial charge in [0.1, 0.15) is 5.75 Å². The van der Waals surface area contributed by atoms with Gasteiger partial charge in [0.25, 0.3) is 0 Å². The Morgan fingerprint density at radius 1 is 1.09 bits per heavy atom. The van der Waals surface area contributed by atoms with Crippen LogP contribution in [-0.2, 0) is 22.4 Å². The minimum Gasteiger partial charge on any atom is -0.497 e. The van der Waals surface area contributed by atoms with Crippen LogP contribution in [-0.4, -0.2) is 58.5 Å². The van der Waals surface area contributed by atoms with Gasteiger partial charge in [0.05, 0.1) is 12.8 Å². The highest BCUT2D eigenvalue weighted by Crippen LogP contribution is 2.30. The summed E-state index contributed by atoms with van der Waals surface area (Å²) in [6.07, 6.45) is 2.47. The average Bonchev–Trinajstić information content (AvgIpc) is 3.10. The van der Waals surface area contributed by atoms with Crippen molar-refractivity contribution < 1.29 is 32.6 Å². The third-order valence-electron chi connectivity index (χ3n) is 6.09. The van der Waals surface area contributed by atoms with Crippen molar-refractivity contribution in [3.63, 3.8) is 0 Å². The van der Waals surface area contributed by atoms with Crippen LogP contribution in [0.25, 0.3) is 11.3 Å². The van der Waals surface area contributed by atoms with Crippen molar-refractivity contribution in [2.24, 2.45) is 5.92 Å². The van der Waals surface area contributed by atoms with Crippen LogP contribution in [0.3, 0.4) is 0 Å². The molecule has 0 spiro atoms. The van der Waals surface area contributed by atoms with Crippen molar-refractivity contribution in [3.8, 4) is 17.0 Å². The molecule has 1 amide bonds. The summed E-state index contributed by atoms with van der Waals surface area (Å²) in [5, 5.41) is 14.9. The molecular formula is C23H28F3N3O4. The minimum atomic E-state index is -5.08. The molecule has 1 aliphatic carbocycles. The van der Waals surface area contributed by atoms with E-state index in [-0.39, 0.29) is 5.92 Å². The molecule has 1 aromatic heterocycles. The Bertz CT molecular complexity index is 951. The molecule has 0 atom stereocenters. The van der Waals surface area contributed by atoms with Gasteiger partial charge in [-0.3, -0.25) is 9.89 Å². The highest BCUT2D eigenvalue weighted by atomic mass is 19.4. The maximum absolute atomic E-state index is 12.9. The largest absolute Gasteiger partial charge is 0.497 e. The summed E-state index contributed by atoms with van der Waals surface area (Å²) in [6.45, 7) is 1.59. The summed E-state index contributed by atoms with van der Waals surface area (Å²) in [5.74, 6) is -1.29. The number of hydrogen-bond acceptors (Lipinski definition) is 4. The molecule has 0 bridgehead atoms. The number of aliphatic carboxylic acids is 1. The Hall–Kier alpha value is -3.04. The lowest BCUT2D eigenvalue weighted by Crippen LogP contribution is -2.38. The van der Waals surface area contributed by atoms with E-state index in [0.717, 1.165) is 55.8 Å². The van der Waals surface area contributed by atoms with Gasteiger partial charge >= 0.3 is 12.1 Å². The number of benzene rings is 1. The molecule has 0 saturated heterocycles. The number of H-pyrrole nitrogens is 1. The molecule has 2 aliphatic rings. The maximum atomic E-state index is 12.9. The van der Waals surface area contributed by atoms with Crippen LogP contribution in [0.5, 0.6) is 5.75 Å². The van der Waals surface area contributed by atoms with Crippen LogP contribution in [0, 0.1) is 5.92 Å². The van der Waals surface area contributed by atoms with E-state index in [9.17, 15) is 18.0 Å². The molecule has 4 rings (SSSR count). The van der Waals surface area contributed by atoms with Gasteiger partial charge in [-0.1, -0.05) is 19.3 Å². The zero-order valence-electron chi connectivity index (χ0n) is 18.5. The Morgan fingerprint density at radius 2 is 1.70 bits per heavy atom. The number of aromatic amines is 1. The smallest absolute Gasteiger partial charge is 0.490 e. The van der Waals surface area contributed by atoms with E-state index in [0.29, 0.717) is 5.91 Å². The number of aromatic nitrogens is 2. The van der Waals surface area contributed by atoms with E-state index < -0.39 is 12.1 Å². The number of methoxy groups -OCH3 is 1. The highest BCUT2D eigenvalue weighted by Gasteiger charge is 2.38. The molecule has 10 heteroatoms. The number of halogens is 3. The van der Waals surface area contributed by atoms with Gasteiger partial charge in [-0.05, 0) is 43.5 Å². The summed E-state index contributed by atoms with van der Waals surface area (Å²) in [5.41, 5.74) is 4.54. The lowest BCUT2D eigenvalue weighted by molar-refractivity contribution is -0.192. The number of hydrogen-bond donors (Lipinski definition) is 2. The lowest BCUT2D eigenvalue weighted by atomic mass is 9.88. The lowest BCUT2D eigenvalue weighted by Gasteiger charge is -2.28. The molecule has 2 N–H and O–H groups in total. The first-order chi connectivity index (χ1) is 15.7. The second-order valence-electron chi connectivity index (χ2n) is 8.22. The number of carboxylic acid groups (broad SMARTS) is 1. The summed E-state index contributed by atoms with van der Waals surface area (Å²) in [4.78, 5) is 23.9. The minimum absolute atomic E-state index is 0.249. The van der Waals surface area contributed by atoms with Crippen LogP contribution < -0.4 is 4.74 Å². The molecule has 7 nitrogen and oxygen atoms in total. The van der Waals surface area contributed by atoms with E-state index in [4.69, 9.17) is 14.6 Å². The molecule has 1 fully saturated rings. The van der Waals surface area contributed by atoms with E-state index in [1.165, 1.54) is 30.5 Å². The second-order valence-corrected chi connectivity index (χ2v) is 8.22. The zero-order valence-corrected chi connectivity index (χ0v) is 18.5. The van der Waals surface area contributed by atoms with E-state index in [1.54, 1.807) is 7.11 Å². The number of nitrogens with one attached hydrogen (secondary N) is 1. The Kier molecular flexibility index (Phi) is 7.99. The Labute approximate surface area is 189 Å². The summed E-state index contributed by atoms with van der Waals surface area (Å²) < 4.78 is 37.0. The molecule has 2 heterocycles. The molecule has 180 valence electrons. The van der Waals surface area contributed by atoms with Crippen LogP contribution in [0.1, 0.15) is 43.4 Å². The van der Waals surface area contributed by atoms with E-state index in [1.807, 2.05) is 24.3 Å². The van der Waals surface area contributed by atoms with Gasteiger partial charge in [-0.25, -0.2) is 4.79 Å². The fourth-order valence-corrected chi connectivity index (χ4v) is 4.30. The summed E-state index contributed by atoms with van der Waals surface area (Å²) in [6, 6.07) is 8.02. The number of carbonyl (C=O) groups excluding carboxylic acids is 1. The predicted molar refractivity (Wildman–Crippen MR) is 115 cm³/mol. The van der Waals surface area contributed by atoms with Crippen molar-refractivity contribution in [1.82, 2.24) is 15.1 Å². The second kappa shape index (κ2) is 10.7. The van der Waals surface area contributed by atoms with Gasteiger partial charge in [-0.15, -0.1) is 0 Å². The van der Waals surface area contributed by atoms with Crippen molar-refractivity contribution in [2.75, 3.05) is 20.2 Å². The van der Waals surface area contributed by atoms with Gasteiger partial charge in [-0.2, -0.15) is 18.3 Å². The van der Waals surface area contributed by atoms with Crippen molar-refractivity contribution in [2.45, 2.75) is 51.1 Å². The molecular weight excluding hydrogens is 439 g/mol. The Morgan fingerprint density at radius 3 is 2.27 bits per heavy atom. The predicted octanol–water partition coefficient (Wildman–Crippen LogP) is 4.23. The van der Waals surface area contributed by atoms with Crippen LogP contribution in [0.2, 0.25) is 0 Å². The molecule has 0 unspecified atom stereocenters. The summed E-state index contributed by atoms with van der Waals surface area (Å²) in [7, 11) is 1.67. The van der Waals surface area contributed by atoms with E-state index in [2.05, 4.69) is 15.1 Å². The molecule has 33 heavy (non-hydrogen) atoms. The first-order valence-electron chi connectivity index (χ1n) is 11.0. The number of ether oxygens (including phenoxy) is 1. The number of alkyl halides is 3. The molecule has 1 saturated carbocycles. The normalized spacial score (nSPS) is 16.8. The standard InChI is InChI=1S/C21H27N3O2.C2HF3O2/c1-26-17-9-7-15(8-10-17)20-18-11-13-24(14-12-19(18)22-23-20)21(25)16-5-3-2-4-6-16;3-2(4,5)1(6)7/h7-10,16H,2-6,11-14H2,1H3,(H,22,23);(H,6,7). The maximum Gasteiger partial charge on any atom is 0.490 e. The van der Waals surface area contributed by atoms with E-state index >= 15 is 0 Å². The third kappa shape index (κ3) is 6.27. The molecule has 2 aromatic rings. The fourth-order valence-electron chi connectivity index (χ4n) is 4.30. The SMILES string of the molecule is COc1ccc(-c2n[nH]c3c2CCN(C(=O)C2CCCCC2)CC3)cc1.O=C(O)C(F)(F)F. The molecule has 1 aromatic carbocycles. The van der Waals surface area contributed by atoms with Crippen molar-refractivity contribution >= 4 is 11.9 Å². The monoisotopic (exact) mass is 467 g/mol. The molecule has 0 radical (unpaired) electrons. The van der Waals surface area contributed by atoms with Crippen LogP contribution >= 0.6 is 0 Å². The van der Waals surface area contributed by atoms with Crippen molar-refractivity contribution in [3.05, 3.63) is 35.5 Å². The third-order valence-corrected chi connectivity index (χ3v) is 6.09. The van der Waals surface area contributed by atoms with Gasteiger partial charge in [0.15, 0.2) is 0 Å². The number of carboxylic acids is 1. The fraction of sp³-hybridized carbons (Fsp3) is 0.522. The Balaban J connectivity index is 0.000000383. The topological polar surface area (TPSA) is 95.5 Å². The van der Waals surface area contributed by atoms with Crippen LogP contribution in [0.15, 0.2) is 24.3 Å². The quantitative estimate of drug-likeness (QED) is 0.705. The molecule has 1 aliphatic heterocycles. The summed E-state index contributed by atoms with van der Waals surface area (Å²) >= 11 is 0. The number of rotatable bonds is 3. The van der Waals surface area contributed by atoms with Gasteiger partial charge in [0, 0.05) is 42.2 Å². The van der Waals surface area contributed by atoms with Gasteiger partial charge in [0.2, 0.25) is 5.91 Å². The number of amides is 1. The first kappa shape index (κ1) is 24.6. The zero-order chi connectivity index (χ0) is 24.0. The number of fused-ring (bicyclic) bond motifs is 1. The average molecular weight is 467 g/mol. The van der Waals surface area contributed by atoms with Crippen molar-refractivity contribution in [1.29, 1.82) is 0 Å². The van der Waals surface area contributed by atoms with Crippen LogP contribution in [0.4, 0.5) is 13.2 Å².